The van der Waals surface area contributed by atoms with Gasteiger partial charge in [-0.3, -0.25) is 19.0 Å². The molecule has 0 aliphatic carbocycles. The summed E-state index contributed by atoms with van der Waals surface area (Å²) in [6, 6.07) is 3.14. The van der Waals surface area contributed by atoms with Crippen molar-refractivity contribution < 1.29 is 14.3 Å². The molecule has 11 heteroatoms. The third-order valence-electron chi connectivity index (χ3n) is 5.17. The van der Waals surface area contributed by atoms with Crippen LogP contribution in [0.5, 0.6) is 11.5 Å². The van der Waals surface area contributed by atoms with Gasteiger partial charge in [0.05, 0.1) is 37.2 Å². The Morgan fingerprint density at radius 3 is 2.45 bits per heavy atom. The lowest BCUT2D eigenvalue weighted by molar-refractivity contribution is -0.126. The molecule has 0 radical (unpaired) electrons. The van der Waals surface area contributed by atoms with Gasteiger partial charge in [-0.15, -0.1) is 0 Å². The number of likely N-dealkylation sites (N-methyl/N-ethyl adjacent to an activating group) is 1. The molecule has 11 nitrogen and oxygen atoms in total. The van der Waals surface area contributed by atoms with E-state index in [1.165, 1.54) is 56.1 Å². The van der Waals surface area contributed by atoms with Crippen LogP contribution in [-0.2, 0) is 25.4 Å². The number of hydrogen-bond donors (Lipinski definition) is 1. The van der Waals surface area contributed by atoms with Crippen molar-refractivity contribution in [1.29, 1.82) is 0 Å². The largest absolute Gasteiger partial charge is 0.493 e. The van der Waals surface area contributed by atoms with Crippen LogP contribution in [0.1, 0.15) is 18.3 Å². The highest BCUT2D eigenvalue weighted by Gasteiger charge is 2.15. The number of hydrogen-bond acceptors (Lipinski definition) is 7. The highest BCUT2D eigenvalue weighted by Crippen LogP contribution is 2.29. The van der Waals surface area contributed by atoms with Crippen molar-refractivity contribution in [2.45, 2.75) is 13.5 Å². The molecular weight excluding hydrogens is 430 g/mol. The second kappa shape index (κ2) is 9.55. The molecule has 0 atom stereocenters. The fourth-order valence-corrected chi connectivity index (χ4v) is 3.33. The van der Waals surface area contributed by atoms with Gasteiger partial charge in [0.25, 0.3) is 11.1 Å². The van der Waals surface area contributed by atoms with Gasteiger partial charge in [-0.2, -0.15) is 0 Å². The average molecular weight is 455 g/mol. The summed E-state index contributed by atoms with van der Waals surface area (Å²) >= 11 is 0. The fourth-order valence-electron chi connectivity index (χ4n) is 3.33. The van der Waals surface area contributed by atoms with Crippen LogP contribution in [0.4, 0.5) is 0 Å². The Labute approximate surface area is 188 Å². The van der Waals surface area contributed by atoms with Gasteiger partial charge in [-0.25, -0.2) is 9.78 Å². The zero-order valence-corrected chi connectivity index (χ0v) is 19.0. The van der Waals surface area contributed by atoms with Crippen molar-refractivity contribution >= 4 is 22.9 Å². The Kier molecular flexibility index (Phi) is 6.80. The van der Waals surface area contributed by atoms with E-state index in [0.29, 0.717) is 34.8 Å². The minimum Gasteiger partial charge on any atom is -0.493 e. The fraction of sp³-hybridized carbons (Fsp3) is 0.318. The highest BCUT2D eigenvalue weighted by atomic mass is 16.5. The first-order valence-electron chi connectivity index (χ1n) is 10.1. The minimum absolute atomic E-state index is 0.0461. The van der Waals surface area contributed by atoms with Crippen LogP contribution in [0.2, 0.25) is 0 Å². The van der Waals surface area contributed by atoms with Crippen LogP contribution in [0, 0.1) is 0 Å². The molecule has 3 aromatic rings. The van der Waals surface area contributed by atoms with Gasteiger partial charge < -0.3 is 23.9 Å². The monoisotopic (exact) mass is 455 g/mol. The standard InChI is InChI=1S/C22H25N5O6/c1-6-27(19(28)8-7-13-11-25(2)22(31)26(3)21(13)30)12-18-23-15-10-17(33-5)16(32-4)9-14(15)20(29)24-18/h7-11H,6,12H2,1-5H3,(H,23,24,29)/b8-7+. The van der Waals surface area contributed by atoms with E-state index in [9.17, 15) is 19.2 Å². The molecule has 0 unspecified atom stereocenters. The van der Waals surface area contributed by atoms with Gasteiger partial charge in [-0.05, 0) is 19.1 Å². The summed E-state index contributed by atoms with van der Waals surface area (Å²) in [5.41, 5.74) is -0.737. The molecule has 0 saturated heterocycles. The van der Waals surface area contributed by atoms with Gasteiger partial charge in [0, 0.05) is 39.0 Å². The number of aromatic nitrogens is 4. The van der Waals surface area contributed by atoms with Crippen molar-refractivity contribution in [2.75, 3.05) is 20.8 Å². The number of nitrogens with one attached hydrogen (secondary N) is 1. The molecule has 1 N–H and O–H groups in total. The molecule has 1 amide bonds. The van der Waals surface area contributed by atoms with E-state index >= 15 is 0 Å². The summed E-state index contributed by atoms with van der Waals surface area (Å²) < 4.78 is 12.7. The Bertz CT molecular complexity index is 1420. The molecule has 0 aliphatic heterocycles. The number of fused-ring (bicyclic) bond motifs is 1. The number of carbonyl (C=O) groups excluding carboxylic acids is 1. The maximum Gasteiger partial charge on any atom is 0.330 e. The topological polar surface area (TPSA) is 129 Å². The Balaban J connectivity index is 1.89. The molecule has 2 heterocycles. The molecule has 2 aromatic heterocycles. The van der Waals surface area contributed by atoms with Gasteiger partial charge in [0.2, 0.25) is 5.91 Å². The van der Waals surface area contributed by atoms with Crippen molar-refractivity contribution in [3.05, 3.63) is 67.0 Å². The number of benzene rings is 1. The van der Waals surface area contributed by atoms with E-state index in [-0.39, 0.29) is 23.6 Å². The molecule has 0 bridgehead atoms. The lowest BCUT2D eigenvalue weighted by Gasteiger charge is -2.18. The van der Waals surface area contributed by atoms with Crippen LogP contribution < -0.4 is 26.3 Å². The van der Waals surface area contributed by atoms with E-state index in [1.54, 1.807) is 19.1 Å². The lowest BCUT2D eigenvalue weighted by atomic mass is 10.2. The molecular formula is C22H25N5O6. The van der Waals surface area contributed by atoms with Crippen molar-refractivity contribution in [3.8, 4) is 11.5 Å². The second-order valence-corrected chi connectivity index (χ2v) is 7.26. The molecule has 0 saturated carbocycles. The Hall–Kier alpha value is -4.15. The van der Waals surface area contributed by atoms with Crippen LogP contribution in [-0.4, -0.2) is 50.7 Å². The molecule has 1 aromatic carbocycles. The first-order valence-corrected chi connectivity index (χ1v) is 10.1. The quantitative estimate of drug-likeness (QED) is 0.511. The number of H-pyrrole nitrogens is 1. The number of carbonyl (C=O) groups is 1. The smallest absolute Gasteiger partial charge is 0.330 e. The summed E-state index contributed by atoms with van der Waals surface area (Å²) in [5, 5.41) is 0.330. The summed E-state index contributed by atoms with van der Waals surface area (Å²) in [7, 11) is 5.85. The van der Waals surface area contributed by atoms with Crippen molar-refractivity contribution in [1.82, 2.24) is 24.0 Å². The summed E-state index contributed by atoms with van der Waals surface area (Å²) in [6.45, 7) is 2.16. The number of amides is 1. The SMILES string of the molecule is CCN(Cc1nc2cc(OC)c(OC)cc2c(=O)[nH]1)C(=O)/C=C/c1cn(C)c(=O)n(C)c1=O. The lowest BCUT2D eigenvalue weighted by Crippen LogP contribution is -2.37. The first-order chi connectivity index (χ1) is 15.7. The first kappa shape index (κ1) is 23.5. The Morgan fingerprint density at radius 2 is 1.82 bits per heavy atom. The zero-order chi connectivity index (χ0) is 24.3. The van der Waals surface area contributed by atoms with Crippen molar-refractivity contribution in [2.24, 2.45) is 14.1 Å². The van der Waals surface area contributed by atoms with Gasteiger partial charge >= 0.3 is 5.69 Å². The van der Waals surface area contributed by atoms with Gasteiger partial charge in [0.15, 0.2) is 11.5 Å². The predicted octanol–water partition coefficient (Wildman–Crippen LogP) is 0.400. The summed E-state index contributed by atoms with van der Waals surface area (Å²) in [6.07, 6.45) is 3.98. The van der Waals surface area contributed by atoms with Gasteiger partial charge in [-0.1, -0.05) is 0 Å². The normalized spacial score (nSPS) is 11.2. The maximum atomic E-state index is 12.7. The zero-order valence-electron chi connectivity index (χ0n) is 19.0. The number of aryl methyl sites for hydroxylation is 1. The number of aromatic amines is 1. The number of nitrogens with zero attached hydrogens (tertiary/aromatic N) is 4. The second-order valence-electron chi connectivity index (χ2n) is 7.26. The predicted molar refractivity (Wildman–Crippen MR) is 123 cm³/mol. The minimum atomic E-state index is -0.505. The van der Waals surface area contributed by atoms with Crippen molar-refractivity contribution in [3.63, 3.8) is 0 Å². The van der Waals surface area contributed by atoms with E-state index in [0.717, 1.165) is 4.57 Å². The van der Waals surface area contributed by atoms with E-state index in [4.69, 9.17) is 9.47 Å². The molecule has 0 spiro atoms. The number of rotatable bonds is 7. The van der Waals surface area contributed by atoms with Crippen LogP contribution in [0.15, 0.2) is 38.8 Å². The van der Waals surface area contributed by atoms with Gasteiger partial charge in [0.1, 0.15) is 5.82 Å². The van der Waals surface area contributed by atoms with E-state index < -0.39 is 11.2 Å². The van der Waals surface area contributed by atoms with Crippen LogP contribution >= 0.6 is 0 Å². The molecule has 174 valence electrons. The van der Waals surface area contributed by atoms with E-state index in [1.807, 2.05) is 0 Å². The molecule has 0 aliphatic rings. The Morgan fingerprint density at radius 1 is 1.15 bits per heavy atom. The summed E-state index contributed by atoms with van der Waals surface area (Å²) in [4.78, 5) is 58.0. The average Bonchev–Trinajstić information content (AvgIpc) is 2.81. The molecule has 3 rings (SSSR count). The third-order valence-corrected chi connectivity index (χ3v) is 5.17. The van der Waals surface area contributed by atoms with E-state index in [2.05, 4.69) is 9.97 Å². The number of ether oxygens (including phenoxy) is 2. The van der Waals surface area contributed by atoms with Crippen LogP contribution in [0.3, 0.4) is 0 Å². The summed E-state index contributed by atoms with van der Waals surface area (Å²) in [5.74, 6) is 0.745. The molecule has 33 heavy (non-hydrogen) atoms. The third kappa shape index (κ3) is 4.71. The highest BCUT2D eigenvalue weighted by molar-refractivity contribution is 5.91. The molecule has 0 fully saturated rings. The van der Waals surface area contributed by atoms with Crippen LogP contribution in [0.25, 0.3) is 17.0 Å². The maximum absolute atomic E-state index is 12.7. The number of methoxy groups -OCH3 is 2.